The number of amides is 1. The largest absolute Gasteiger partial charge is 0.497 e. The van der Waals surface area contributed by atoms with Crippen LogP contribution in [0.1, 0.15) is 20.8 Å². The summed E-state index contributed by atoms with van der Waals surface area (Å²) in [5, 5.41) is 11.0. The third-order valence-corrected chi connectivity index (χ3v) is 4.88. The number of anilines is 1. The minimum atomic E-state index is -1.48. The number of nitrogens with zero attached hydrogens (tertiary/aromatic N) is 2. The molecule has 33 heavy (non-hydrogen) atoms. The van der Waals surface area contributed by atoms with Gasteiger partial charge in [0.1, 0.15) is 22.9 Å². The molecule has 0 aliphatic carbocycles. The summed E-state index contributed by atoms with van der Waals surface area (Å²) in [6, 6.07) is 4.77. The van der Waals surface area contributed by atoms with Gasteiger partial charge in [0, 0.05) is 12.1 Å². The van der Waals surface area contributed by atoms with Crippen LogP contribution in [-0.4, -0.2) is 45.2 Å². The number of ether oxygens (including phenoxy) is 4. The smallest absolute Gasteiger partial charge is 0.258 e. The van der Waals surface area contributed by atoms with E-state index in [1.54, 1.807) is 25.1 Å². The number of methoxy groups -OCH3 is 2. The summed E-state index contributed by atoms with van der Waals surface area (Å²) in [5.74, 6) is 0.0546. The van der Waals surface area contributed by atoms with Crippen LogP contribution in [-0.2, 0) is 9.59 Å². The Bertz CT molecular complexity index is 1050. The Balaban J connectivity index is 2.41. The molecule has 1 N–H and O–H groups in total. The number of ketones is 1. The van der Waals surface area contributed by atoms with E-state index < -0.39 is 17.7 Å². The zero-order valence-electron chi connectivity index (χ0n) is 18.9. The van der Waals surface area contributed by atoms with Crippen molar-refractivity contribution in [3.8, 4) is 23.0 Å². The molecule has 1 atom stereocenters. The van der Waals surface area contributed by atoms with Crippen molar-refractivity contribution in [1.82, 2.24) is 0 Å². The number of azo groups is 1. The van der Waals surface area contributed by atoms with Gasteiger partial charge in [-0.1, -0.05) is 23.2 Å². The molecule has 0 bridgehead atoms. The maximum absolute atomic E-state index is 12.9. The molecule has 0 spiro atoms. The van der Waals surface area contributed by atoms with Gasteiger partial charge in [-0.15, -0.1) is 5.11 Å². The summed E-state index contributed by atoms with van der Waals surface area (Å²) in [6.07, 6.45) is 0. The van der Waals surface area contributed by atoms with Crippen molar-refractivity contribution in [2.45, 2.75) is 26.8 Å². The molecule has 0 radical (unpaired) electrons. The number of carbonyl (C=O) groups excluding carboxylic acids is 2. The third-order valence-electron chi connectivity index (χ3n) is 4.27. The highest BCUT2D eigenvalue weighted by Crippen LogP contribution is 2.43. The molecular formula is C22H25Cl2N3O6. The first-order chi connectivity index (χ1) is 15.8. The maximum atomic E-state index is 12.9. The van der Waals surface area contributed by atoms with Crippen molar-refractivity contribution in [3.05, 3.63) is 34.3 Å². The normalized spacial score (nSPS) is 11.7. The van der Waals surface area contributed by atoms with Gasteiger partial charge in [-0.2, -0.15) is 5.11 Å². The lowest BCUT2D eigenvalue weighted by atomic mass is 10.2. The number of hydrogen-bond donors (Lipinski definition) is 1. The van der Waals surface area contributed by atoms with Crippen LogP contribution < -0.4 is 24.3 Å². The minimum absolute atomic E-state index is 0.142. The van der Waals surface area contributed by atoms with Crippen LogP contribution >= 0.6 is 23.2 Å². The third kappa shape index (κ3) is 6.49. The standard InChI is InChI=1S/C22H25Cl2N3O6/c1-6-32-16-9-8-14(23)20(21(16)33-7-2)27-26-18(12(3)28)22(29)25-19-15(24)10-13(30-4)11-17(19)31-5/h8-11,18H,6-7H2,1-5H3,(H,25,29). The molecular weight excluding hydrogens is 473 g/mol. The highest BCUT2D eigenvalue weighted by Gasteiger charge is 2.26. The van der Waals surface area contributed by atoms with Gasteiger partial charge in [-0.05, 0) is 32.9 Å². The van der Waals surface area contributed by atoms with Crippen LogP contribution in [0, 0.1) is 0 Å². The van der Waals surface area contributed by atoms with Crippen LogP contribution in [0.2, 0.25) is 10.0 Å². The Morgan fingerprint density at radius 2 is 1.70 bits per heavy atom. The van der Waals surface area contributed by atoms with Crippen molar-refractivity contribution < 1.29 is 28.5 Å². The predicted octanol–water partition coefficient (Wildman–Crippen LogP) is 5.49. The lowest BCUT2D eigenvalue weighted by Crippen LogP contribution is -2.32. The molecule has 1 amide bonds. The molecule has 0 aliphatic rings. The number of Topliss-reactive ketones (excluding diaryl/α,β-unsaturated/α-hetero) is 1. The van der Waals surface area contributed by atoms with Gasteiger partial charge in [0.25, 0.3) is 5.91 Å². The van der Waals surface area contributed by atoms with E-state index in [1.807, 2.05) is 6.92 Å². The highest BCUT2D eigenvalue weighted by atomic mass is 35.5. The Labute approximate surface area is 202 Å². The van der Waals surface area contributed by atoms with Crippen molar-refractivity contribution >= 4 is 46.3 Å². The van der Waals surface area contributed by atoms with E-state index in [-0.39, 0.29) is 32.9 Å². The average Bonchev–Trinajstić information content (AvgIpc) is 2.78. The van der Waals surface area contributed by atoms with Gasteiger partial charge in [0.15, 0.2) is 17.3 Å². The monoisotopic (exact) mass is 497 g/mol. The Kier molecular flexibility index (Phi) is 9.74. The summed E-state index contributed by atoms with van der Waals surface area (Å²) < 4.78 is 21.6. The number of carbonyl (C=O) groups is 2. The Morgan fingerprint density at radius 3 is 2.27 bits per heavy atom. The summed E-state index contributed by atoms with van der Waals surface area (Å²) in [5.41, 5.74) is 0.307. The molecule has 2 aromatic carbocycles. The molecule has 1 unspecified atom stereocenters. The van der Waals surface area contributed by atoms with E-state index in [9.17, 15) is 9.59 Å². The first kappa shape index (κ1) is 26.2. The zero-order valence-corrected chi connectivity index (χ0v) is 20.4. The van der Waals surface area contributed by atoms with Gasteiger partial charge < -0.3 is 24.3 Å². The number of benzene rings is 2. The summed E-state index contributed by atoms with van der Waals surface area (Å²) in [6.45, 7) is 5.53. The average molecular weight is 498 g/mol. The predicted molar refractivity (Wildman–Crippen MR) is 126 cm³/mol. The van der Waals surface area contributed by atoms with Crippen LogP contribution in [0.25, 0.3) is 0 Å². The van der Waals surface area contributed by atoms with Gasteiger partial charge in [-0.3, -0.25) is 9.59 Å². The van der Waals surface area contributed by atoms with E-state index in [2.05, 4.69) is 15.5 Å². The molecule has 0 saturated heterocycles. The molecule has 0 fully saturated rings. The number of nitrogens with one attached hydrogen (secondary N) is 1. The second-order valence-corrected chi connectivity index (χ2v) is 7.31. The quantitative estimate of drug-likeness (QED) is 0.324. The molecule has 11 heteroatoms. The molecule has 2 rings (SSSR count). The summed E-state index contributed by atoms with van der Waals surface area (Å²) in [7, 11) is 2.88. The van der Waals surface area contributed by atoms with Crippen LogP contribution in [0.15, 0.2) is 34.5 Å². The maximum Gasteiger partial charge on any atom is 0.258 e. The van der Waals surface area contributed by atoms with Crippen molar-refractivity contribution in [3.63, 3.8) is 0 Å². The van der Waals surface area contributed by atoms with Crippen molar-refractivity contribution in [1.29, 1.82) is 0 Å². The van der Waals surface area contributed by atoms with E-state index in [4.69, 9.17) is 42.1 Å². The number of halogens is 2. The molecule has 0 aliphatic heterocycles. The van der Waals surface area contributed by atoms with Crippen molar-refractivity contribution in [2.24, 2.45) is 10.2 Å². The molecule has 0 saturated carbocycles. The number of rotatable bonds is 11. The second-order valence-electron chi connectivity index (χ2n) is 6.49. The van der Waals surface area contributed by atoms with Crippen LogP contribution in [0.4, 0.5) is 11.4 Å². The lowest BCUT2D eigenvalue weighted by Gasteiger charge is -2.16. The molecule has 0 heterocycles. The van der Waals surface area contributed by atoms with Crippen molar-refractivity contribution in [2.75, 3.05) is 32.8 Å². The van der Waals surface area contributed by atoms with Crippen LogP contribution in [0.3, 0.4) is 0 Å². The fourth-order valence-electron chi connectivity index (χ4n) is 2.76. The zero-order chi connectivity index (χ0) is 24.5. The molecule has 9 nitrogen and oxygen atoms in total. The topological polar surface area (TPSA) is 108 Å². The van der Waals surface area contributed by atoms with Gasteiger partial charge in [0.05, 0.1) is 37.5 Å². The SMILES string of the molecule is CCOc1ccc(Cl)c(N=NC(C(C)=O)C(=O)Nc2c(Cl)cc(OC)cc2OC)c1OCC. The van der Waals surface area contributed by atoms with Gasteiger partial charge in [0.2, 0.25) is 6.04 Å². The van der Waals surface area contributed by atoms with E-state index >= 15 is 0 Å². The van der Waals surface area contributed by atoms with E-state index in [0.717, 1.165) is 0 Å². The highest BCUT2D eigenvalue weighted by molar-refractivity contribution is 6.34. The van der Waals surface area contributed by atoms with Gasteiger partial charge in [-0.25, -0.2) is 0 Å². The van der Waals surface area contributed by atoms with E-state index in [0.29, 0.717) is 24.7 Å². The van der Waals surface area contributed by atoms with Gasteiger partial charge >= 0.3 is 0 Å². The van der Waals surface area contributed by atoms with Crippen LogP contribution in [0.5, 0.6) is 23.0 Å². The molecule has 2 aromatic rings. The first-order valence-corrected chi connectivity index (χ1v) is 10.7. The fourth-order valence-corrected chi connectivity index (χ4v) is 3.19. The van der Waals surface area contributed by atoms with E-state index in [1.165, 1.54) is 27.2 Å². The first-order valence-electron chi connectivity index (χ1n) is 9.99. The number of hydrogen-bond acceptors (Lipinski definition) is 8. The summed E-state index contributed by atoms with van der Waals surface area (Å²) in [4.78, 5) is 25.1. The lowest BCUT2D eigenvalue weighted by molar-refractivity contribution is -0.126. The summed E-state index contributed by atoms with van der Waals surface area (Å²) >= 11 is 12.5. The Hall–Kier alpha value is -3.04. The second kappa shape index (κ2) is 12.3. The fraction of sp³-hybridized carbons (Fsp3) is 0.364. The molecule has 178 valence electrons. The molecule has 0 aromatic heterocycles. The Morgan fingerprint density at radius 1 is 1.00 bits per heavy atom. The minimum Gasteiger partial charge on any atom is -0.497 e.